The van der Waals surface area contributed by atoms with Crippen LogP contribution in [0.25, 0.3) is 0 Å². The maximum Gasteiger partial charge on any atom is 0.469 e. The summed E-state index contributed by atoms with van der Waals surface area (Å²) in [6, 6.07) is 0. The van der Waals surface area contributed by atoms with Crippen LogP contribution < -0.4 is 0 Å². The molecule has 0 saturated carbocycles. The van der Waals surface area contributed by atoms with Crippen molar-refractivity contribution < 1.29 is 37.9 Å². The van der Waals surface area contributed by atoms with Crippen LogP contribution in [0.5, 0.6) is 0 Å². The van der Waals surface area contributed by atoms with Gasteiger partial charge in [0.25, 0.3) is 0 Å². The van der Waals surface area contributed by atoms with E-state index in [4.69, 9.17) is 19.3 Å². The lowest BCUT2D eigenvalue weighted by Gasteiger charge is -2.18. The second-order valence-electron chi connectivity index (χ2n) is 12.5. The van der Waals surface area contributed by atoms with Gasteiger partial charge in [-0.2, -0.15) is 0 Å². The Morgan fingerprint density at radius 2 is 0.865 bits per heavy atom. The lowest BCUT2D eigenvalue weighted by atomic mass is 10.1. The normalized spacial score (nSPS) is 13.5. The van der Waals surface area contributed by atoms with Gasteiger partial charge in [-0.1, -0.05) is 137 Å². The molecule has 0 radical (unpaired) electrons. The van der Waals surface area contributed by atoms with Crippen molar-refractivity contribution in [3.63, 3.8) is 0 Å². The molecule has 0 aromatic heterocycles. The van der Waals surface area contributed by atoms with Crippen molar-refractivity contribution in [2.45, 2.75) is 148 Å². The smallest absolute Gasteiger partial charge is 0.462 e. The molecule has 0 aliphatic heterocycles. The maximum atomic E-state index is 12.4. The fourth-order valence-corrected chi connectivity index (χ4v) is 5.13. The van der Waals surface area contributed by atoms with Gasteiger partial charge in [-0.25, -0.2) is 4.57 Å². The lowest BCUT2D eigenvalue weighted by molar-refractivity contribution is -0.161. The summed E-state index contributed by atoms with van der Waals surface area (Å²) in [7, 11) is -4.77. The summed E-state index contributed by atoms with van der Waals surface area (Å²) in [5.41, 5.74) is 0. The molecule has 0 spiro atoms. The molecule has 0 aliphatic carbocycles. The van der Waals surface area contributed by atoms with Crippen molar-refractivity contribution in [2.75, 3.05) is 13.2 Å². The molecule has 52 heavy (non-hydrogen) atoms. The first-order valence-corrected chi connectivity index (χ1v) is 21.1. The summed E-state index contributed by atoms with van der Waals surface area (Å²) in [5.74, 6) is -0.961. The van der Waals surface area contributed by atoms with Crippen LogP contribution in [-0.4, -0.2) is 41.0 Å². The molecule has 2 N–H and O–H groups in total. The number of unbranched alkanes of at least 4 members (excludes halogenated alkanes) is 8. The van der Waals surface area contributed by atoms with Gasteiger partial charge in [-0.3, -0.25) is 14.1 Å². The fourth-order valence-electron chi connectivity index (χ4n) is 4.76. The Bertz CT molecular complexity index is 1160. The largest absolute Gasteiger partial charge is 0.469 e. The van der Waals surface area contributed by atoms with Crippen LogP contribution in [0.4, 0.5) is 0 Å². The topological polar surface area (TPSA) is 119 Å². The van der Waals surface area contributed by atoms with Crippen LogP contribution in [-0.2, 0) is 28.2 Å². The molecular formula is C43H69O8P. The van der Waals surface area contributed by atoms with E-state index < -0.39 is 32.5 Å². The minimum absolute atomic E-state index is 0.180. The van der Waals surface area contributed by atoms with E-state index in [1.807, 2.05) is 0 Å². The van der Waals surface area contributed by atoms with Gasteiger partial charge in [-0.05, 0) is 89.9 Å². The Morgan fingerprint density at radius 1 is 0.500 bits per heavy atom. The number of carbonyl (C=O) groups is 2. The number of carbonyl (C=O) groups excluding carboxylic acids is 2. The molecule has 0 rings (SSSR count). The number of esters is 2. The van der Waals surface area contributed by atoms with Crippen LogP contribution >= 0.6 is 7.82 Å². The van der Waals surface area contributed by atoms with Gasteiger partial charge < -0.3 is 19.3 Å². The third-order valence-electron chi connectivity index (χ3n) is 7.60. The lowest BCUT2D eigenvalue weighted by Crippen LogP contribution is -2.29. The van der Waals surface area contributed by atoms with E-state index >= 15 is 0 Å². The van der Waals surface area contributed by atoms with E-state index in [1.165, 1.54) is 0 Å². The van der Waals surface area contributed by atoms with Crippen LogP contribution in [0.2, 0.25) is 0 Å². The summed E-state index contributed by atoms with van der Waals surface area (Å²) >= 11 is 0. The Hall–Kier alpha value is -3.03. The molecule has 0 aliphatic rings. The van der Waals surface area contributed by atoms with Crippen molar-refractivity contribution in [1.29, 1.82) is 0 Å². The first-order chi connectivity index (χ1) is 25.3. The molecule has 0 amide bonds. The molecule has 0 fully saturated rings. The zero-order valence-corrected chi connectivity index (χ0v) is 33.1. The van der Waals surface area contributed by atoms with Crippen molar-refractivity contribution >= 4 is 19.8 Å². The summed E-state index contributed by atoms with van der Waals surface area (Å²) in [5, 5.41) is 0. The zero-order valence-electron chi connectivity index (χ0n) is 32.2. The van der Waals surface area contributed by atoms with E-state index in [9.17, 15) is 14.2 Å². The molecule has 0 heterocycles. The molecule has 1 atom stereocenters. The standard InChI is InChI=1S/C43H69O8P/c1-3-5-7-9-11-13-15-17-19-20-21-22-24-26-28-30-32-34-36-38-43(45)51-41(40-50-52(46,47)48)39-49-42(44)37-35-33-31-29-27-25-23-18-16-14-12-10-8-6-4-2/h5-8,11-14,17-19,21-23,27,29,41H,3-4,9-10,15-16,20,24-26,28,30-40H2,1-2H3,(H2,46,47,48)/b7-5-,8-6-,13-11-,14-12-,19-17-,22-21-,23-18-,29-27-. The van der Waals surface area contributed by atoms with Gasteiger partial charge >= 0.3 is 19.8 Å². The average molecular weight is 745 g/mol. The highest BCUT2D eigenvalue weighted by atomic mass is 31.2. The molecule has 0 aromatic rings. The minimum Gasteiger partial charge on any atom is -0.462 e. The highest BCUT2D eigenvalue weighted by Crippen LogP contribution is 2.36. The van der Waals surface area contributed by atoms with Crippen molar-refractivity contribution in [3.8, 4) is 0 Å². The minimum atomic E-state index is -4.77. The Kier molecular flexibility index (Phi) is 35.5. The van der Waals surface area contributed by atoms with Crippen molar-refractivity contribution in [2.24, 2.45) is 0 Å². The molecule has 294 valence electrons. The average Bonchev–Trinajstić information content (AvgIpc) is 3.11. The van der Waals surface area contributed by atoms with Gasteiger partial charge in [0, 0.05) is 12.8 Å². The summed E-state index contributed by atoms with van der Waals surface area (Å²) in [6.45, 7) is 3.39. The fraction of sp³-hybridized carbons (Fsp3) is 0.581. The van der Waals surface area contributed by atoms with Crippen LogP contribution in [0.15, 0.2) is 97.2 Å². The predicted octanol–water partition coefficient (Wildman–Crippen LogP) is 11.8. The molecule has 0 bridgehead atoms. The number of hydrogen-bond donors (Lipinski definition) is 2. The Balaban J connectivity index is 4.07. The van der Waals surface area contributed by atoms with E-state index in [1.54, 1.807) is 0 Å². The quantitative estimate of drug-likeness (QED) is 0.0289. The summed E-state index contributed by atoms with van der Waals surface area (Å²) in [4.78, 5) is 42.8. The molecule has 8 nitrogen and oxygen atoms in total. The highest BCUT2D eigenvalue weighted by molar-refractivity contribution is 7.46. The molecule has 0 aromatic carbocycles. The third kappa shape index (κ3) is 39.8. The van der Waals surface area contributed by atoms with Crippen molar-refractivity contribution in [3.05, 3.63) is 97.2 Å². The summed E-state index contributed by atoms with van der Waals surface area (Å²) in [6.07, 6.45) is 51.3. The molecule has 1 unspecified atom stereocenters. The third-order valence-corrected chi connectivity index (χ3v) is 8.08. The van der Waals surface area contributed by atoms with Crippen LogP contribution in [0.1, 0.15) is 142 Å². The number of allylic oxidation sites excluding steroid dienone is 16. The number of phosphoric acid groups is 1. The number of hydrogen-bond acceptors (Lipinski definition) is 6. The summed E-state index contributed by atoms with van der Waals surface area (Å²) < 4.78 is 26.3. The van der Waals surface area contributed by atoms with Gasteiger partial charge in [0.05, 0.1) is 6.61 Å². The monoisotopic (exact) mass is 744 g/mol. The van der Waals surface area contributed by atoms with E-state index in [2.05, 4.69) is 116 Å². The predicted molar refractivity (Wildman–Crippen MR) is 216 cm³/mol. The second kappa shape index (κ2) is 37.7. The molecule has 9 heteroatoms. The molecule has 0 saturated heterocycles. The number of phosphoric ester groups is 1. The van der Waals surface area contributed by atoms with E-state index in [0.29, 0.717) is 12.8 Å². The van der Waals surface area contributed by atoms with Gasteiger partial charge in [0.1, 0.15) is 6.61 Å². The van der Waals surface area contributed by atoms with Gasteiger partial charge in [0.15, 0.2) is 6.10 Å². The van der Waals surface area contributed by atoms with E-state index in [-0.39, 0.29) is 19.4 Å². The van der Waals surface area contributed by atoms with Gasteiger partial charge in [-0.15, -0.1) is 0 Å². The first kappa shape index (κ1) is 49.0. The number of rotatable bonds is 34. The Morgan fingerprint density at radius 3 is 1.33 bits per heavy atom. The maximum absolute atomic E-state index is 12.4. The highest BCUT2D eigenvalue weighted by Gasteiger charge is 2.22. The Labute approximate surface area is 315 Å². The first-order valence-electron chi connectivity index (χ1n) is 19.5. The van der Waals surface area contributed by atoms with Gasteiger partial charge in [0.2, 0.25) is 0 Å². The molecular weight excluding hydrogens is 675 g/mol. The SMILES string of the molecule is CC/C=C\C/C=C\C/C=C\C/C=C\CCCCCCCCC(=O)OC(COC(=O)CCCC/C=C\C/C=C\C/C=C\C/C=C\CC)COP(=O)(O)O. The second-order valence-corrected chi connectivity index (χ2v) is 13.7. The zero-order chi connectivity index (χ0) is 38.2. The van der Waals surface area contributed by atoms with Crippen molar-refractivity contribution in [1.82, 2.24) is 0 Å². The van der Waals surface area contributed by atoms with Crippen LogP contribution in [0.3, 0.4) is 0 Å². The van der Waals surface area contributed by atoms with E-state index in [0.717, 1.165) is 103 Å². The number of ether oxygens (including phenoxy) is 2. The van der Waals surface area contributed by atoms with Crippen LogP contribution in [0, 0.1) is 0 Å².